The van der Waals surface area contributed by atoms with Crippen molar-refractivity contribution in [3.63, 3.8) is 0 Å². The SMILES string of the molecule is COCCOc1ccccc1C(O)c1cccnc1. The number of para-hydroxylation sites is 1. The van der Waals surface area contributed by atoms with E-state index in [0.29, 0.717) is 19.0 Å². The molecule has 0 aliphatic carbocycles. The molecule has 0 aliphatic rings. The zero-order valence-corrected chi connectivity index (χ0v) is 10.8. The van der Waals surface area contributed by atoms with Crippen molar-refractivity contribution >= 4 is 0 Å². The summed E-state index contributed by atoms with van der Waals surface area (Å²) in [7, 11) is 1.62. The molecule has 1 atom stereocenters. The van der Waals surface area contributed by atoms with E-state index in [4.69, 9.17) is 9.47 Å². The summed E-state index contributed by atoms with van der Waals surface area (Å²) in [5, 5.41) is 10.4. The van der Waals surface area contributed by atoms with Crippen LogP contribution in [0.25, 0.3) is 0 Å². The first kappa shape index (κ1) is 13.5. The van der Waals surface area contributed by atoms with Crippen molar-refractivity contribution in [2.24, 2.45) is 0 Å². The minimum absolute atomic E-state index is 0.452. The molecule has 0 saturated carbocycles. The third-order valence-corrected chi connectivity index (χ3v) is 2.76. The fourth-order valence-electron chi connectivity index (χ4n) is 1.79. The van der Waals surface area contributed by atoms with Gasteiger partial charge in [-0.3, -0.25) is 4.98 Å². The van der Waals surface area contributed by atoms with Gasteiger partial charge in [0.2, 0.25) is 0 Å². The lowest BCUT2D eigenvalue weighted by Gasteiger charge is -2.16. The second-order valence-electron chi connectivity index (χ2n) is 4.07. The Labute approximate surface area is 112 Å². The van der Waals surface area contributed by atoms with E-state index in [2.05, 4.69) is 4.98 Å². The molecule has 0 bridgehead atoms. The van der Waals surface area contributed by atoms with Crippen molar-refractivity contribution in [3.8, 4) is 5.75 Å². The fraction of sp³-hybridized carbons (Fsp3) is 0.267. The van der Waals surface area contributed by atoms with Gasteiger partial charge >= 0.3 is 0 Å². The zero-order chi connectivity index (χ0) is 13.5. The number of rotatable bonds is 6. The summed E-state index contributed by atoms with van der Waals surface area (Å²) < 4.78 is 10.6. The summed E-state index contributed by atoms with van der Waals surface area (Å²) in [5.41, 5.74) is 1.47. The molecule has 1 aromatic carbocycles. The monoisotopic (exact) mass is 259 g/mol. The Morgan fingerprint density at radius 2 is 2.00 bits per heavy atom. The lowest BCUT2D eigenvalue weighted by atomic mass is 10.0. The van der Waals surface area contributed by atoms with Crippen LogP contribution in [0.3, 0.4) is 0 Å². The number of aliphatic hydroxyl groups is 1. The highest BCUT2D eigenvalue weighted by atomic mass is 16.5. The number of aliphatic hydroxyl groups excluding tert-OH is 1. The molecule has 1 heterocycles. The highest BCUT2D eigenvalue weighted by molar-refractivity contribution is 5.39. The Kier molecular flexibility index (Phi) is 4.89. The quantitative estimate of drug-likeness (QED) is 0.808. The minimum atomic E-state index is -0.743. The average Bonchev–Trinajstić information content (AvgIpc) is 2.48. The summed E-state index contributed by atoms with van der Waals surface area (Å²) in [6, 6.07) is 11.1. The van der Waals surface area contributed by atoms with Gasteiger partial charge < -0.3 is 14.6 Å². The van der Waals surface area contributed by atoms with Gasteiger partial charge in [0.05, 0.1) is 6.61 Å². The van der Waals surface area contributed by atoms with Crippen LogP contribution in [0.5, 0.6) is 5.75 Å². The molecule has 0 saturated heterocycles. The predicted molar refractivity (Wildman–Crippen MR) is 72.1 cm³/mol. The lowest BCUT2D eigenvalue weighted by molar-refractivity contribution is 0.142. The molecule has 1 aromatic heterocycles. The van der Waals surface area contributed by atoms with Gasteiger partial charge in [0.15, 0.2) is 0 Å². The van der Waals surface area contributed by atoms with Crippen LogP contribution in [0.4, 0.5) is 0 Å². The van der Waals surface area contributed by atoms with Crippen LogP contribution < -0.4 is 4.74 Å². The van der Waals surface area contributed by atoms with E-state index < -0.39 is 6.10 Å². The van der Waals surface area contributed by atoms with E-state index in [9.17, 15) is 5.11 Å². The van der Waals surface area contributed by atoms with Gasteiger partial charge in [0.1, 0.15) is 18.5 Å². The molecule has 2 rings (SSSR count). The van der Waals surface area contributed by atoms with Crippen LogP contribution >= 0.6 is 0 Å². The Morgan fingerprint density at radius 1 is 1.16 bits per heavy atom. The summed E-state index contributed by atoms with van der Waals surface area (Å²) in [6.45, 7) is 0.963. The lowest BCUT2D eigenvalue weighted by Crippen LogP contribution is -2.08. The molecule has 4 heteroatoms. The molecule has 0 fully saturated rings. The third-order valence-electron chi connectivity index (χ3n) is 2.76. The normalized spacial score (nSPS) is 12.1. The maximum atomic E-state index is 10.4. The zero-order valence-electron chi connectivity index (χ0n) is 10.8. The average molecular weight is 259 g/mol. The number of ether oxygens (including phenoxy) is 2. The smallest absolute Gasteiger partial charge is 0.125 e. The van der Waals surface area contributed by atoms with E-state index in [0.717, 1.165) is 11.1 Å². The number of pyridine rings is 1. The predicted octanol–water partition coefficient (Wildman–Crippen LogP) is 2.19. The molecule has 0 aliphatic heterocycles. The van der Waals surface area contributed by atoms with Crippen molar-refractivity contribution in [1.29, 1.82) is 0 Å². The highest BCUT2D eigenvalue weighted by Crippen LogP contribution is 2.29. The van der Waals surface area contributed by atoms with Gasteiger partial charge in [0.25, 0.3) is 0 Å². The Balaban J connectivity index is 2.19. The largest absolute Gasteiger partial charge is 0.491 e. The standard InChI is InChI=1S/C15H17NO3/c1-18-9-10-19-14-7-3-2-6-13(14)15(17)12-5-4-8-16-11-12/h2-8,11,15,17H,9-10H2,1H3. The van der Waals surface area contributed by atoms with Crippen LogP contribution in [0.1, 0.15) is 17.2 Å². The highest BCUT2D eigenvalue weighted by Gasteiger charge is 2.15. The first-order chi connectivity index (χ1) is 9.33. The van der Waals surface area contributed by atoms with E-state index in [-0.39, 0.29) is 0 Å². The summed E-state index contributed by atoms with van der Waals surface area (Å²) in [5.74, 6) is 0.663. The molecule has 100 valence electrons. The van der Waals surface area contributed by atoms with Crippen molar-refractivity contribution in [2.45, 2.75) is 6.10 Å². The number of benzene rings is 1. The second kappa shape index (κ2) is 6.87. The van der Waals surface area contributed by atoms with Crippen LogP contribution in [0.2, 0.25) is 0 Å². The Hall–Kier alpha value is -1.91. The van der Waals surface area contributed by atoms with Crippen LogP contribution in [0.15, 0.2) is 48.8 Å². The number of methoxy groups -OCH3 is 1. The molecular weight excluding hydrogens is 242 g/mol. The summed E-state index contributed by atoms with van der Waals surface area (Å²) in [6.07, 6.45) is 2.58. The maximum Gasteiger partial charge on any atom is 0.125 e. The summed E-state index contributed by atoms with van der Waals surface area (Å²) in [4.78, 5) is 4.02. The minimum Gasteiger partial charge on any atom is -0.491 e. The molecule has 19 heavy (non-hydrogen) atoms. The maximum absolute atomic E-state index is 10.4. The molecule has 0 spiro atoms. The molecular formula is C15H17NO3. The molecule has 1 unspecified atom stereocenters. The van der Waals surface area contributed by atoms with Gasteiger partial charge in [0, 0.05) is 30.6 Å². The number of aromatic nitrogens is 1. The van der Waals surface area contributed by atoms with Gasteiger partial charge in [-0.15, -0.1) is 0 Å². The Morgan fingerprint density at radius 3 is 2.74 bits per heavy atom. The molecule has 1 N–H and O–H groups in total. The third kappa shape index (κ3) is 3.53. The van der Waals surface area contributed by atoms with E-state index >= 15 is 0 Å². The number of hydrogen-bond acceptors (Lipinski definition) is 4. The second-order valence-corrected chi connectivity index (χ2v) is 4.07. The van der Waals surface area contributed by atoms with Gasteiger partial charge in [-0.05, 0) is 12.1 Å². The molecule has 0 radical (unpaired) electrons. The van der Waals surface area contributed by atoms with Crippen molar-refractivity contribution in [1.82, 2.24) is 4.98 Å². The summed E-state index contributed by atoms with van der Waals surface area (Å²) >= 11 is 0. The van der Waals surface area contributed by atoms with E-state index in [1.54, 1.807) is 25.6 Å². The Bertz CT molecular complexity index is 502. The van der Waals surface area contributed by atoms with Gasteiger partial charge in [-0.1, -0.05) is 24.3 Å². The fourth-order valence-corrected chi connectivity index (χ4v) is 1.79. The molecule has 0 amide bonds. The molecule has 2 aromatic rings. The first-order valence-electron chi connectivity index (χ1n) is 6.11. The number of nitrogens with zero attached hydrogens (tertiary/aromatic N) is 1. The van der Waals surface area contributed by atoms with Crippen molar-refractivity contribution in [2.75, 3.05) is 20.3 Å². The van der Waals surface area contributed by atoms with Crippen LogP contribution in [0, 0.1) is 0 Å². The van der Waals surface area contributed by atoms with Crippen molar-refractivity contribution in [3.05, 3.63) is 59.9 Å². The first-order valence-corrected chi connectivity index (χ1v) is 6.11. The van der Waals surface area contributed by atoms with Crippen molar-refractivity contribution < 1.29 is 14.6 Å². The van der Waals surface area contributed by atoms with Crippen LogP contribution in [-0.2, 0) is 4.74 Å². The molecule has 4 nitrogen and oxygen atoms in total. The number of hydrogen-bond donors (Lipinski definition) is 1. The van der Waals surface area contributed by atoms with E-state index in [1.807, 2.05) is 30.3 Å². The van der Waals surface area contributed by atoms with E-state index in [1.165, 1.54) is 0 Å². The van der Waals surface area contributed by atoms with Crippen LogP contribution in [-0.4, -0.2) is 30.4 Å². The van der Waals surface area contributed by atoms with Gasteiger partial charge in [-0.25, -0.2) is 0 Å². The van der Waals surface area contributed by atoms with Gasteiger partial charge in [-0.2, -0.15) is 0 Å². The topological polar surface area (TPSA) is 51.6 Å².